The summed E-state index contributed by atoms with van der Waals surface area (Å²) in [5.41, 5.74) is -1.08. The molecule has 4 nitrogen and oxygen atoms in total. The molecular weight excluding hydrogens is 238 g/mol. The van der Waals surface area contributed by atoms with Crippen molar-refractivity contribution in [3.05, 3.63) is 34.1 Å². The molecule has 2 aromatic heterocycles. The van der Waals surface area contributed by atoms with Crippen LogP contribution in [0, 0.1) is 5.41 Å². The number of thiophene rings is 1. The lowest BCUT2D eigenvalue weighted by molar-refractivity contribution is -0.147. The van der Waals surface area contributed by atoms with Gasteiger partial charge in [0.25, 0.3) is 5.56 Å². The third-order valence-electron chi connectivity index (χ3n) is 2.74. The molecule has 2 aromatic rings. The Kier molecular flexibility index (Phi) is 2.79. The summed E-state index contributed by atoms with van der Waals surface area (Å²) in [5, 5.41) is 11.6. The Morgan fingerprint density at radius 3 is 2.82 bits per heavy atom. The Hall–Kier alpha value is -1.62. The zero-order chi connectivity index (χ0) is 12.6. The molecule has 0 saturated carbocycles. The Morgan fingerprint density at radius 2 is 2.18 bits per heavy atom. The van der Waals surface area contributed by atoms with Crippen LogP contribution in [0.1, 0.15) is 13.8 Å². The number of hydrogen-bond donors (Lipinski definition) is 1. The van der Waals surface area contributed by atoms with Crippen molar-refractivity contribution in [3.8, 4) is 0 Å². The van der Waals surface area contributed by atoms with E-state index in [1.54, 1.807) is 26.1 Å². The van der Waals surface area contributed by atoms with E-state index in [1.165, 1.54) is 15.9 Å². The molecule has 0 unspecified atom stereocenters. The number of nitrogens with zero attached hydrogens (tertiary/aromatic N) is 1. The monoisotopic (exact) mass is 251 g/mol. The van der Waals surface area contributed by atoms with Crippen LogP contribution in [0.5, 0.6) is 0 Å². The van der Waals surface area contributed by atoms with Gasteiger partial charge in [-0.1, -0.05) is 0 Å². The van der Waals surface area contributed by atoms with Gasteiger partial charge < -0.3 is 9.67 Å². The molecule has 90 valence electrons. The van der Waals surface area contributed by atoms with E-state index in [1.807, 2.05) is 11.4 Å². The lowest BCUT2D eigenvalue weighted by atomic mass is 9.94. The summed E-state index contributed by atoms with van der Waals surface area (Å²) in [6, 6.07) is 3.62. The van der Waals surface area contributed by atoms with Gasteiger partial charge in [0.15, 0.2) is 0 Å². The van der Waals surface area contributed by atoms with Gasteiger partial charge in [-0.25, -0.2) is 0 Å². The third-order valence-corrected chi connectivity index (χ3v) is 3.62. The molecule has 0 bridgehead atoms. The van der Waals surface area contributed by atoms with Gasteiger partial charge in [0, 0.05) is 17.4 Å². The van der Waals surface area contributed by atoms with E-state index in [9.17, 15) is 9.59 Å². The number of fused-ring (bicyclic) bond motifs is 1. The van der Waals surface area contributed by atoms with Gasteiger partial charge in [-0.2, -0.15) is 0 Å². The highest BCUT2D eigenvalue weighted by Crippen LogP contribution is 2.20. The van der Waals surface area contributed by atoms with Crippen molar-refractivity contribution >= 4 is 27.4 Å². The van der Waals surface area contributed by atoms with E-state index in [4.69, 9.17) is 5.11 Å². The average Bonchev–Trinajstić information content (AvgIpc) is 2.70. The summed E-state index contributed by atoms with van der Waals surface area (Å²) in [6.07, 6.45) is 1.66. The number of hydrogen-bond acceptors (Lipinski definition) is 3. The number of carbonyl (C=O) groups is 1. The van der Waals surface area contributed by atoms with Crippen molar-refractivity contribution in [2.45, 2.75) is 20.4 Å². The molecule has 0 atom stereocenters. The zero-order valence-electron chi connectivity index (χ0n) is 9.64. The Morgan fingerprint density at radius 1 is 1.47 bits per heavy atom. The molecule has 5 heteroatoms. The highest BCUT2D eigenvalue weighted by Gasteiger charge is 2.28. The topological polar surface area (TPSA) is 59.3 Å². The number of pyridine rings is 1. The van der Waals surface area contributed by atoms with Crippen molar-refractivity contribution in [1.29, 1.82) is 0 Å². The predicted molar refractivity (Wildman–Crippen MR) is 67.5 cm³/mol. The van der Waals surface area contributed by atoms with Gasteiger partial charge >= 0.3 is 5.97 Å². The normalized spacial score (nSPS) is 11.9. The summed E-state index contributed by atoms with van der Waals surface area (Å²) in [7, 11) is 0. The number of carboxylic acid groups (broad SMARTS) is 1. The largest absolute Gasteiger partial charge is 0.481 e. The second kappa shape index (κ2) is 4.00. The quantitative estimate of drug-likeness (QED) is 0.909. The summed E-state index contributed by atoms with van der Waals surface area (Å²) in [4.78, 5) is 23.1. The van der Waals surface area contributed by atoms with Crippen LogP contribution in [-0.2, 0) is 11.3 Å². The minimum absolute atomic E-state index is 0.127. The summed E-state index contributed by atoms with van der Waals surface area (Å²) >= 11 is 1.50. The Balaban J connectivity index is 2.47. The van der Waals surface area contributed by atoms with Crippen LogP contribution in [0.4, 0.5) is 0 Å². The number of rotatable bonds is 3. The van der Waals surface area contributed by atoms with E-state index in [0.29, 0.717) is 5.39 Å². The molecule has 0 spiro atoms. The summed E-state index contributed by atoms with van der Waals surface area (Å²) in [5.74, 6) is -0.908. The number of aromatic nitrogens is 1. The minimum Gasteiger partial charge on any atom is -0.481 e. The van der Waals surface area contributed by atoms with Crippen LogP contribution in [-0.4, -0.2) is 15.6 Å². The van der Waals surface area contributed by atoms with Gasteiger partial charge in [0.1, 0.15) is 0 Å². The summed E-state index contributed by atoms with van der Waals surface area (Å²) in [6.45, 7) is 3.39. The van der Waals surface area contributed by atoms with Crippen LogP contribution < -0.4 is 5.56 Å². The first-order chi connectivity index (χ1) is 7.92. The van der Waals surface area contributed by atoms with E-state index in [2.05, 4.69) is 0 Å². The maximum atomic E-state index is 12.1. The molecule has 1 N–H and O–H groups in total. The molecule has 0 fully saturated rings. The van der Waals surface area contributed by atoms with Crippen LogP contribution >= 0.6 is 11.3 Å². The molecule has 0 radical (unpaired) electrons. The van der Waals surface area contributed by atoms with E-state index < -0.39 is 11.4 Å². The second-order valence-electron chi connectivity index (χ2n) is 4.64. The van der Waals surface area contributed by atoms with E-state index in [0.717, 1.165) is 4.70 Å². The van der Waals surface area contributed by atoms with Crippen LogP contribution in [0.2, 0.25) is 0 Å². The first-order valence-corrected chi connectivity index (χ1v) is 6.10. The standard InChI is InChI=1S/C12H13NO3S/c1-12(2,11(15)16)7-13-5-3-9-8(10(13)14)4-6-17-9/h3-6H,7H2,1-2H3,(H,15,16). The maximum absolute atomic E-state index is 12.1. The molecule has 17 heavy (non-hydrogen) atoms. The van der Waals surface area contributed by atoms with Gasteiger partial charge in [0.05, 0.1) is 10.8 Å². The van der Waals surface area contributed by atoms with E-state index >= 15 is 0 Å². The minimum atomic E-state index is -0.951. The maximum Gasteiger partial charge on any atom is 0.310 e. The van der Waals surface area contributed by atoms with Crippen LogP contribution in [0.15, 0.2) is 28.5 Å². The average molecular weight is 251 g/mol. The SMILES string of the molecule is CC(C)(Cn1ccc2sccc2c1=O)C(=O)O. The van der Waals surface area contributed by atoms with Gasteiger partial charge in [-0.05, 0) is 31.4 Å². The molecule has 0 aromatic carbocycles. The Labute approximate surface area is 102 Å². The smallest absolute Gasteiger partial charge is 0.310 e. The highest BCUT2D eigenvalue weighted by atomic mass is 32.1. The number of aliphatic carboxylic acids is 1. The highest BCUT2D eigenvalue weighted by molar-refractivity contribution is 7.17. The van der Waals surface area contributed by atoms with Crippen LogP contribution in [0.3, 0.4) is 0 Å². The van der Waals surface area contributed by atoms with Gasteiger partial charge in [-0.15, -0.1) is 11.3 Å². The van der Waals surface area contributed by atoms with Gasteiger partial charge in [0.2, 0.25) is 0 Å². The van der Waals surface area contributed by atoms with Crippen molar-refractivity contribution in [1.82, 2.24) is 4.57 Å². The lowest BCUT2D eigenvalue weighted by Gasteiger charge is -2.20. The molecule has 0 saturated heterocycles. The molecular formula is C12H13NO3S. The fourth-order valence-electron chi connectivity index (χ4n) is 1.62. The van der Waals surface area contributed by atoms with Crippen molar-refractivity contribution < 1.29 is 9.90 Å². The molecule has 2 heterocycles. The number of carboxylic acids is 1. The first kappa shape index (κ1) is 11.9. The fourth-order valence-corrected chi connectivity index (χ4v) is 2.40. The molecule has 2 rings (SSSR count). The second-order valence-corrected chi connectivity index (χ2v) is 5.58. The summed E-state index contributed by atoms with van der Waals surface area (Å²) < 4.78 is 2.39. The van der Waals surface area contributed by atoms with Crippen molar-refractivity contribution in [2.24, 2.45) is 5.41 Å². The van der Waals surface area contributed by atoms with Gasteiger partial charge in [-0.3, -0.25) is 9.59 Å². The first-order valence-electron chi connectivity index (χ1n) is 5.22. The van der Waals surface area contributed by atoms with Crippen molar-refractivity contribution in [3.63, 3.8) is 0 Å². The fraction of sp³-hybridized carbons (Fsp3) is 0.333. The zero-order valence-corrected chi connectivity index (χ0v) is 10.5. The lowest BCUT2D eigenvalue weighted by Crippen LogP contribution is -2.33. The van der Waals surface area contributed by atoms with Crippen LogP contribution in [0.25, 0.3) is 10.1 Å². The Bertz CT molecular complexity index is 624. The molecule has 0 amide bonds. The third kappa shape index (κ3) is 2.10. The van der Waals surface area contributed by atoms with E-state index in [-0.39, 0.29) is 12.1 Å². The molecule has 0 aliphatic carbocycles. The molecule has 0 aliphatic rings. The predicted octanol–water partition coefficient (Wildman–Crippen LogP) is 2.17. The van der Waals surface area contributed by atoms with Crippen molar-refractivity contribution in [2.75, 3.05) is 0 Å². The molecule has 0 aliphatic heterocycles.